The number of benzene rings is 1. The average Bonchev–Trinajstić information content (AvgIpc) is 3.40. The van der Waals surface area contributed by atoms with Gasteiger partial charge in [0.1, 0.15) is 5.82 Å². The molecule has 2 bridgehead atoms. The molecule has 2 aliphatic rings. The third-order valence-corrected chi connectivity index (χ3v) is 6.06. The van der Waals surface area contributed by atoms with Crippen LogP contribution in [0.4, 0.5) is 23.5 Å². The van der Waals surface area contributed by atoms with Crippen molar-refractivity contribution in [1.29, 1.82) is 0 Å². The molecule has 0 spiro atoms. The molecule has 5 rings (SSSR count). The van der Waals surface area contributed by atoms with Crippen LogP contribution >= 0.6 is 0 Å². The maximum Gasteiger partial charge on any atom is 0.419 e. The van der Waals surface area contributed by atoms with E-state index in [9.17, 15) is 22.4 Å². The van der Waals surface area contributed by atoms with Gasteiger partial charge in [-0.3, -0.25) is 4.79 Å². The number of nitrogens with one attached hydrogen (secondary N) is 1. The second kappa shape index (κ2) is 8.05. The first-order valence-corrected chi connectivity index (χ1v) is 10.3. The van der Waals surface area contributed by atoms with Gasteiger partial charge >= 0.3 is 6.18 Å². The van der Waals surface area contributed by atoms with Gasteiger partial charge in [0.05, 0.1) is 17.2 Å². The Morgan fingerprint density at radius 3 is 2.45 bits per heavy atom. The predicted octanol–water partition coefficient (Wildman–Crippen LogP) is 3.81. The lowest BCUT2D eigenvalue weighted by Gasteiger charge is -2.34. The summed E-state index contributed by atoms with van der Waals surface area (Å²) < 4.78 is 52.2. The highest BCUT2D eigenvalue weighted by atomic mass is 19.4. The topological polar surface area (TPSA) is 83.9 Å². The van der Waals surface area contributed by atoms with Gasteiger partial charge in [-0.2, -0.15) is 13.2 Å². The number of nitrogens with zero attached hydrogens (tertiary/aromatic N) is 5. The number of amides is 1. The number of carbonyl (C=O) groups is 1. The standard InChI is InChI=1S/C22H18F4N6O/c23-14-2-3-15(16(8-14)19-27-4-1-5-28-19)20(33)32-11-12-6-17(18(32)7-12)31-21-29-9-13(10-30-21)22(24,25)26/h1-5,8-10,12,17-18H,6-7,11H2,(H,29,30,31)/t12-,17+,18-/m0/s1. The number of anilines is 1. The van der Waals surface area contributed by atoms with Crippen molar-refractivity contribution in [1.82, 2.24) is 24.8 Å². The van der Waals surface area contributed by atoms with Crippen LogP contribution in [0.5, 0.6) is 0 Å². The largest absolute Gasteiger partial charge is 0.419 e. The highest BCUT2D eigenvalue weighted by molar-refractivity contribution is 6.00. The van der Waals surface area contributed by atoms with E-state index >= 15 is 0 Å². The highest BCUT2D eigenvalue weighted by Gasteiger charge is 2.47. The molecule has 2 fully saturated rings. The number of fused-ring (bicyclic) bond motifs is 2. The smallest absolute Gasteiger partial charge is 0.349 e. The molecule has 1 saturated heterocycles. The Kier molecular flexibility index (Phi) is 5.18. The molecule has 1 aliphatic carbocycles. The fraction of sp³-hybridized carbons (Fsp3) is 0.318. The molecule has 1 aliphatic heterocycles. The molecular weight excluding hydrogens is 440 g/mol. The minimum absolute atomic E-state index is 0.0769. The second-order valence-electron chi connectivity index (χ2n) is 8.17. The minimum atomic E-state index is -4.51. The van der Waals surface area contributed by atoms with Crippen LogP contribution in [0.2, 0.25) is 0 Å². The van der Waals surface area contributed by atoms with E-state index in [1.807, 2.05) is 0 Å². The van der Waals surface area contributed by atoms with E-state index in [0.29, 0.717) is 17.7 Å². The number of likely N-dealkylation sites (tertiary alicyclic amines) is 1. The van der Waals surface area contributed by atoms with Crippen molar-refractivity contribution in [2.45, 2.75) is 31.1 Å². The van der Waals surface area contributed by atoms with Crippen molar-refractivity contribution in [2.75, 3.05) is 11.9 Å². The van der Waals surface area contributed by atoms with Crippen LogP contribution < -0.4 is 5.32 Å². The summed E-state index contributed by atoms with van der Waals surface area (Å²) in [5.41, 5.74) is -0.330. The van der Waals surface area contributed by atoms with Crippen LogP contribution in [0.3, 0.4) is 0 Å². The molecular formula is C22H18F4N6O. The van der Waals surface area contributed by atoms with Crippen LogP contribution in [-0.2, 0) is 6.18 Å². The predicted molar refractivity (Wildman–Crippen MR) is 109 cm³/mol. The number of halogens is 4. The van der Waals surface area contributed by atoms with E-state index in [-0.39, 0.29) is 35.7 Å². The first-order chi connectivity index (χ1) is 15.8. The van der Waals surface area contributed by atoms with Crippen LogP contribution in [-0.4, -0.2) is 49.4 Å². The van der Waals surface area contributed by atoms with Crippen molar-refractivity contribution in [3.63, 3.8) is 0 Å². The lowest BCUT2D eigenvalue weighted by Crippen LogP contribution is -2.48. The highest BCUT2D eigenvalue weighted by Crippen LogP contribution is 2.40. The Morgan fingerprint density at radius 2 is 1.79 bits per heavy atom. The molecule has 0 unspecified atom stereocenters. The van der Waals surface area contributed by atoms with E-state index in [4.69, 9.17) is 0 Å². The summed E-state index contributed by atoms with van der Waals surface area (Å²) in [5.74, 6) is -0.214. The van der Waals surface area contributed by atoms with E-state index in [1.54, 1.807) is 11.0 Å². The molecule has 7 nitrogen and oxygen atoms in total. The van der Waals surface area contributed by atoms with Crippen LogP contribution in [0, 0.1) is 11.7 Å². The monoisotopic (exact) mass is 458 g/mol. The average molecular weight is 458 g/mol. The molecule has 3 aromatic rings. The Bertz CT molecular complexity index is 1170. The summed E-state index contributed by atoms with van der Waals surface area (Å²) in [6.45, 7) is 0.544. The summed E-state index contributed by atoms with van der Waals surface area (Å²) in [4.78, 5) is 31.0. The Labute approximate surface area is 185 Å². The van der Waals surface area contributed by atoms with Crippen LogP contribution in [0.25, 0.3) is 11.4 Å². The van der Waals surface area contributed by atoms with E-state index in [1.165, 1.54) is 30.6 Å². The van der Waals surface area contributed by atoms with Crippen molar-refractivity contribution >= 4 is 11.9 Å². The maximum atomic E-state index is 14.0. The van der Waals surface area contributed by atoms with Crippen molar-refractivity contribution in [3.8, 4) is 11.4 Å². The van der Waals surface area contributed by atoms with Crippen LogP contribution in [0.15, 0.2) is 49.1 Å². The summed E-state index contributed by atoms with van der Waals surface area (Å²) in [7, 11) is 0. The normalized spacial score (nSPS) is 21.9. The van der Waals surface area contributed by atoms with Gasteiger partial charge in [0.15, 0.2) is 5.82 Å². The fourth-order valence-corrected chi connectivity index (χ4v) is 4.61. The maximum absolute atomic E-state index is 14.0. The molecule has 170 valence electrons. The summed E-state index contributed by atoms with van der Waals surface area (Å²) in [5, 5.41) is 3.07. The van der Waals surface area contributed by atoms with E-state index in [2.05, 4.69) is 25.3 Å². The Morgan fingerprint density at radius 1 is 1.06 bits per heavy atom. The van der Waals surface area contributed by atoms with Gasteiger partial charge in [0.2, 0.25) is 5.95 Å². The molecule has 0 radical (unpaired) electrons. The number of piperidine rings is 1. The number of aromatic nitrogens is 4. The third-order valence-electron chi connectivity index (χ3n) is 6.06. The number of alkyl halides is 3. The molecule has 1 amide bonds. The quantitative estimate of drug-likeness (QED) is 0.599. The number of hydrogen-bond acceptors (Lipinski definition) is 6. The van der Waals surface area contributed by atoms with Crippen molar-refractivity contribution < 1.29 is 22.4 Å². The molecule has 1 N–H and O–H groups in total. The van der Waals surface area contributed by atoms with Gasteiger partial charge in [-0.1, -0.05) is 0 Å². The van der Waals surface area contributed by atoms with Gasteiger partial charge in [0.25, 0.3) is 5.91 Å². The molecule has 11 heteroatoms. The van der Waals surface area contributed by atoms with Crippen molar-refractivity contribution in [3.05, 3.63) is 66.0 Å². The Balaban J connectivity index is 1.37. The number of rotatable bonds is 4. The summed E-state index contributed by atoms with van der Waals surface area (Å²) in [6, 6.07) is 5.12. The SMILES string of the molecule is O=C(c1ccc(F)cc1-c1ncccn1)N1C[C@H]2C[C@@H](Nc3ncc(C(F)(F)F)cn3)[C@@H]1C2. The first kappa shape index (κ1) is 21.2. The molecule has 1 aromatic carbocycles. The lowest BCUT2D eigenvalue weighted by atomic mass is 10.0. The van der Waals surface area contributed by atoms with E-state index < -0.39 is 17.6 Å². The molecule has 3 heterocycles. The second-order valence-corrected chi connectivity index (χ2v) is 8.17. The zero-order chi connectivity index (χ0) is 23.2. The fourth-order valence-electron chi connectivity index (χ4n) is 4.61. The minimum Gasteiger partial charge on any atom is -0.349 e. The molecule has 3 atom stereocenters. The third kappa shape index (κ3) is 4.10. The van der Waals surface area contributed by atoms with Gasteiger partial charge in [-0.05, 0) is 43.0 Å². The zero-order valence-electron chi connectivity index (χ0n) is 17.1. The summed E-state index contributed by atoms with van der Waals surface area (Å²) >= 11 is 0. The van der Waals surface area contributed by atoms with E-state index in [0.717, 1.165) is 25.2 Å². The van der Waals surface area contributed by atoms with Crippen molar-refractivity contribution in [2.24, 2.45) is 5.92 Å². The lowest BCUT2D eigenvalue weighted by molar-refractivity contribution is -0.138. The van der Waals surface area contributed by atoms with Gasteiger partial charge in [-0.25, -0.2) is 24.3 Å². The first-order valence-electron chi connectivity index (χ1n) is 10.3. The van der Waals surface area contributed by atoms with Gasteiger partial charge in [-0.15, -0.1) is 0 Å². The summed E-state index contributed by atoms with van der Waals surface area (Å²) in [6.07, 6.45) is 1.49. The van der Waals surface area contributed by atoms with Crippen LogP contribution in [0.1, 0.15) is 28.8 Å². The molecule has 2 aromatic heterocycles. The number of hydrogen-bond donors (Lipinski definition) is 1. The van der Waals surface area contributed by atoms with Gasteiger partial charge < -0.3 is 10.2 Å². The Hall–Kier alpha value is -3.63. The van der Waals surface area contributed by atoms with Gasteiger partial charge in [0, 0.05) is 42.9 Å². The molecule has 33 heavy (non-hydrogen) atoms. The molecule has 1 saturated carbocycles. The number of carbonyl (C=O) groups excluding carboxylic acids is 1. The zero-order valence-corrected chi connectivity index (χ0v) is 17.1.